The van der Waals surface area contributed by atoms with Crippen LogP contribution in [0.5, 0.6) is 0 Å². The van der Waals surface area contributed by atoms with E-state index < -0.39 is 23.4 Å². The highest BCUT2D eigenvalue weighted by Gasteiger charge is 2.79. The summed E-state index contributed by atoms with van der Waals surface area (Å²) in [6.45, 7) is 5.73. The van der Waals surface area contributed by atoms with Crippen LogP contribution in [0.2, 0.25) is 0 Å². The monoisotopic (exact) mass is 242 g/mol. The van der Waals surface area contributed by atoms with Crippen LogP contribution in [0, 0.1) is 11.3 Å². The Hall–Kier alpha value is -0.650. The highest BCUT2D eigenvalue weighted by molar-refractivity contribution is 5.83. The van der Waals surface area contributed by atoms with E-state index in [-0.39, 0.29) is 18.0 Å². The molecule has 0 unspecified atom stereocenters. The van der Waals surface area contributed by atoms with Gasteiger partial charge in [-0.1, -0.05) is 0 Å². The molecule has 5 atom stereocenters. The predicted molar refractivity (Wildman–Crippen MR) is 57.0 cm³/mol. The second-order valence-electron chi connectivity index (χ2n) is 5.58. The summed E-state index contributed by atoms with van der Waals surface area (Å²) in [6.07, 6.45) is -0.732. The summed E-state index contributed by atoms with van der Waals surface area (Å²) in [6, 6.07) is 0. The molecule has 0 aromatic carbocycles. The van der Waals surface area contributed by atoms with Crippen molar-refractivity contribution in [1.29, 1.82) is 0 Å². The summed E-state index contributed by atoms with van der Waals surface area (Å²) < 4.78 is 16.6. The first-order valence-electron chi connectivity index (χ1n) is 6.13. The molecule has 0 aromatic rings. The number of rotatable bonds is 2. The van der Waals surface area contributed by atoms with Gasteiger partial charge >= 0.3 is 5.97 Å². The summed E-state index contributed by atoms with van der Waals surface area (Å²) in [5.41, 5.74) is -0.659. The Morgan fingerprint density at radius 1 is 1.47 bits per heavy atom. The van der Waals surface area contributed by atoms with E-state index in [0.717, 1.165) is 0 Å². The topological polar surface area (TPSA) is 65.0 Å². The van der Waals surface area contributed by atoms with Crippen molar-refractivity contribution in [2.45, 2.75) is 51.3 Å². The molecule has 2 aliphatic carbocycles. The third-order valence-corrected chi connectivity index (χ3v) is 4.10. The minimum absolute atomic E-state index is 0.0624. The predicted octanol–water partition coefficient (Wildman–Crippen LogP) is 0.450. The molecule has 3 rings (SSSR count). The van der Waals surface area contributed by atoms with Gasteiger partial charge in [0, 0.05) is 5.92 Å². The maximum Gasteiger partial charge on any atom is 0.315 e. The molecule has 0 aromatic heterocycles. The smallest absolute Gasteiger partial charge is 0.315 e. The molecular weight excluding hydrogens is 224 g/mol. The number of hydrogen-bond donors (Lipinski definition) is 1. The summed E-state index contributed by atoms with van der Waals surface area (Å²) in [5, 5.41) is 10.1. The van der Waals surface area contributed by atoms with E-state index in [1.807, 2.05) is 0 Å². The van der Waals surface area contributed by atoms with Crippen molar-refractivity contribution in [3.8, 4) is 0 Å². The van der Waals surface area contributed by atoms with Gasteiger partial charge in [0.2, 0.25) is 0 Å². The maximum absolute atomic E-state index is 12.0. The Morgan fingerprint density at radius 3 is 2.82 bits per heavy atom. The SMILES string of the molecule is CCOC(=O)[C@]12C[C@@H]1[C@H](O)[C@@H]1OC(C)(C)O[C@@H]12. The number of esters is 1. The van der Waals surface area contributed by atoms with Crippen LogP contribution >= 0.6 is 0 Å². The highest BCUT2D eigenvalue weighted by atomic mass is 16.8. The van der Waals surface area contributed by atoms with Crippen molar-refractivity contribution in [3.05, 3.63) is 0 Å². The normalized spacial score (nSPS) is 49.6. The number of carbonyl (C=O) groups excluding carboxylic acids is 1. The van der Waals surface area contributed by atoms with E-state index in [0.29, 0.717) is 13.0 Å². The van der Waals surface area contributed by atoms with Crippen LogP contribution in [-0.2, 0) is 19.0 Å². The van der Waals surface area contributed by atoms with Crippen LogP contribution in [0.1, 0.15) is 27.2 Å². The molecule has 0 radical (unpaired) electrons. The molecule has 1 heterocycles. The zero-order valence-corrected chi connectivity index (χ0v) is 10.3. The molecule has 17 heavy (non-hydrogen) atoms. The number of carbonyl (C=O) groups is 1. The van der Waals surface area contributed by atoms with Gasteiger partial charge in [0.15, 0.2) is 5.79 Å². The lowest BCUT2D eigenvalue weighted by Crippen LogP contribution is -2.37. The first-order chi connectivity index (χ1) is 7.92. The molecule has 0 bridgehead atoms. The lowest BCUT2D eigenvalue weighted by molar-refractivity contribution is -0.176. The molecule has 1 aliphatic heterocycles. The number of fused-ring (bicyclic) bond motifs is 3. The fraction of sp³-hybridized carbons (Fsp3) is 0.917. The second-order valence-corrected chi connectivity index (χ2v) is 5.58. The fourth-order valence-corrected chi connectivity index (χ4v) is 3.34. The van der Waals surface area contributed by atoms with Gasteiger partial charge in [-0.05, 0) is 27.2 Å². The Bertz CT molecular complexity index is 366. The van der Waals surface area contributed by atoms with Crippen LogP contribution in [0.15, 0.2) is 0 Å². The Morgan fingerprint density at radius 2 is 2.18 bits per heavy atom. The third kappa shape index (κ3) is 1.33. The standard InChI is InChI=1S/C12H18O5/c1-4-15-10(14)12-5-6(12)7(13)8-9(12)17-11(2,3)16-8/h6-9,13H,4-5H2,1-3H3/t6-,7+,8+,9+,12-/m1/s1. The zero-order valence-electron chi connectivity index (χ0n) is 10.3. The van der Waals surface area contributed by atoms with Crippen molar-refractivity contribution in [2.24, 2.45) is 11.3 Å². The first-order valence-corrected chi connectivity index (χ1v) is 6.13. The van der Waals surface area contributed by atoms with E-state index in [1.54, 1.807) is 20.8 Å². The molecule has 1 saturated heterocycles. The van der Waals surface area contributed by atoms with Crippen molar-refractivity contribution < 1.29 is 24.1 Å². The highest BCUT2D eigenvalue weighted by Crippen LogP contribution is 2.68. The molecule has 1 N–H and O–H groups in total. The molecule has 5 nitrogen and oxygen atoms in total. The van der Waals surface area contributed by atoms with Gasteiger partial charge in [-0.2, -0.15) is 0 Å². The van der Waals surface area contributed by atoms with E-state index in [1.165, 1.54) is 0 Å². The lowest BCUT2D eigenvalue weighted by atomic mass is 10.00. The molecule has 3 aliphatic rings. The first kappa shape index (κ1) is 11.4. The number of ether oxygens (including phenoxy) is 3. The van der Waals surface area contributed by atoms with Crippen LogP contribution in [-0.4, -0.2) is 41.8 Å². The zero-order chi connectivity index (χ0) is 12.4. The minimum atomic E-state index is -0.733. The summed E-state index contributed by atoms with van der Waals surface area (Å²) in [7, 11) is 0. The largest absolute Gasteiger partial charge is 0.465 e. The summed E-state index contributed by atoms with van der Waals surface area (Å²) in [4.78, 5) is 12.0. The number of aliphatic hydroxyl groups is 1. The van der Waals surface area contributed by atoms with Crippen LogP contribution in [0.3, 0.4) is 0 Å². The van der Waals surface area contributed by atoms with Gasteiger partial charge in [-0.25, -0.2) is 0 Å². The van der Waals surface area contributed by atoms with Crippen molar-refractivity contribution >= 4 is 5.97 Å². The van der Waals surface area contributed by atoms with Crippen molar-refractivity contribution in [2.75, 3.05) is 6.61 Å². The second kappa shape index (κ2) is 3.22. The molecular formula is C12H18O5. The van der Waals surface area contributed by atoms with Crippen LogP contribution in [0.4, 0.5) is 0 Å². The van der Waals surface area contributed by atoms with Crippen molar-refractivity contribution in [3.63, 3.8) is 0 Å². The molecule has 3 fully saturated rings. The Labute approximate surface area is 100 Å². The third-order valence-electron chi connectivity index (χ3n) is 4.10. The van der Waals surface area contributed by atoms with Gasteiger partial charge in [-0.15, -0.1) is 0 Å². The summed E-state index contributed by atoms with van der Waals surface area (Å²) >= 11 is 0. The molecule has 5 heteroatoms. The van der Waals surface area contributed by atoms with E-state index in [9.17, 15) is 9.90 Å². The number of hydrogen-bond acceptors (Lipinski definition) is 5. The van der Waals surface area contributed by atoms with Gasteiger partial charge in [-0.3, -0.25) is 4.79 Å². The van der Waals surface area contributed by atoms with E-state index in [4.69, 9.17) is 14.2 Å². The Balaban J connectivity index is 1.87. The number of aliphatic hydroxyl groups excluding tert-OH is 1. The average molecular weight is 242 g/mol. The quantitative estimate of drug-likeness (QED) is 0.712. The van der Waals surface area contributed by atoms with Gasteiger partial charge in [0.25, 0.3) is 0 Å². The molecule has 2 saturated carbocycles. The molecule has 0 spiro atoms. The van der Waals surface area contributed by atoms with Gasteiger partial charge in [0.05, 0.1) is 12.7 Å². The van der Waals surface area contributed by atoms with Gasteiger partial charge in [0.1, 0.15) is 17.6 Å². The van der Waals surface area contributed by atoms with Crippen LogP contribution < -0.4 is 0 Å². The molecule has 96 valence electrons. The lowest BCUT2D eigenvalue weighted by Gasteiger charge is -2.21. The van der Waals surface area contributed by atoms with Crippen LogP contribution in [0.25, 0.3) is 0 Å². The molecule has 0 amide bonds. The average Bonchev–Trinajstić information content (AvgIpc) is 2.85. The minimum Gasteiger partial charge on any atom is -0.465 e. The fourth-order valence-electron chi connectivity index (χ4n) is 3.34. The Kier molecular flexibility index (Phi) is 2.16. The summed E-state index contributed by atoms with van der Waals surface area (Å²) in [5.74, 6) is -1.05. The van der Waals surface area contributed by atoms with Crippen molar-refractivity contribution in [1.82, 2.24) is 0 Å². The van der Waals surface area contributed by atoms with E-state index in [2.05, 4.69) is 0 Å². The maximum atomic E-state index is 12.0. The van der Waals surface area contributed by atoms with Gasteiger partial charge < -0.3 is 19.3 Å². The van der Waals surface area contributed by atoms with E-state index >= 15 is 0 Å².